The summed E-state index contributed by atoms with van der Waals surface area (Å²) in [5.74, 6) is 0.494. The number of nitrogens with zero attached hydrogens (tertiary/aromatic N) is 3. The van der Waals surface area contributed by atoms with Gasteiger partial charge in [0.2, 0.25) is 0 Å². The molecule has 0 unspecified atom stereocenters. The average Bonchev–Trinajstić information content (AvgIpc) is 2.48. The van der Waals surface area contributed by atoms with Gasteiger partial charge < -0.3 is 5.11 Å². The Balaban J connectivity index is 1.90. The second-order valence-electron chi connectivity index (χ2n) is 4.15. The SMILES string of the molecule is O=c1c2ccccc2nnn1CSc1ccccc1O. The first-order valence-corrected chi connectivity index (χ1v) is 6.97. The summed E-state index contributed by atoms with van der Waals surface area (Å²) in [6.07, 6.45) is 0. The average molecular weight is 285 g/mol. The van der Waals surface area contributed by atoms with Crippen molar-refractivity contribution in [2.45, 2.75) is 10.8 Å². The van der Waals surface area contributed by atoms with E-state index >= 15 is 0 Å². The topological polar surface area (TPSA) is 68.0 Å². The molecule has 20 heavy (non-hydrogen) atoms. The second kappa shape index (κ2) is 5.34. The van der Waals surface area contributed by atoms with Crippen LogP contribution in [0, 0.1) is 0 Å². The maximum Gasteiger partial charge on any atom is 0.278 e. The van der Waals surface area contributed by atoms with Gasteiger partial charge in [-0.1, -0.05) is 41.2 Å². The molecule has 6 heteroatoms. The fourth-order valence-electron chi connectivity index (χ4n) is 1.82. The van der Waals surface area contributed by atoms with E-state index in [2.05, 4.69) is 10.3 Å². The van der Waals surface area contributed by atoms with Gasteiger partial charge in [-0.25, -0.2) is 4.68 Å². The molecule has 100 valence electrons. The Morgan fingerprint density at radius 2 is 1.85 bits per heavy atom. The predicted molar refractivity (Wildman–Crippen MR) is 77.8 cm³/mol. The Kier molecular flexibility index (Phi) is 3.39. The molecule has 0 fully saturated rings. The summed E-state index contributed by atoms with van der Waals surface area (Å²) in [5.41, 5.74) is 0.403. The van der Waals surface area contributed by atoms with Crippen LogP contribution in [0.2, 0.25) is 0 Å². The van der Waals surface area contributed by atoms with Crippen molar-refractivity contribution in [3.63, 3.8) is 0 Å². The number of thioether (sulfide) groups is 1. The van der Waals surface area contributed by atoms with Gasteiger partial charge in [0.05, 0.1) is 16.2 Å². The minimum Gasteiger partial charge on any atom is -0.507 e. The summed E-state index contributed by atoms with van der Waals surface area (Å²) >= 11 is 1.33. The van der Waals surface area contributed by atoms with Gasteiger partial charge in [-0.15, -0.1) is 5.10 Å². The number of aromatic hydroxyl groups is 1. The Bertz CT molecular complexity index is 817. The van der Waals surface area contributed by atoms with Crippen molar-refractivity contribution >= 4 is 22.7 Å². The van der Waals surface area contributed by atoms with E-state index in [1.165, 1.54) is 16.4 Å². The number of aromatic nitrogens is 3. The van der Waals surface area contributed by atoms with E-state index in [9.17, 15) is 9.90 Å². The van der Waals surface area contributed by atoms with Gasteiger partial charge in [0.1, 0.15) is 11.3 Å². The zero-order valence-corrected chi connectivity index (χ0v) is 11.2. The Labute approximate surface area is 118 Å². The molecule has 0 saturated heterocycles. The molecule has 0 aliphatic carbocycles. The number of benzene rings is 2. The van der Waals surface area contributed by atoms with Crippen LogP contribution in [0.5, 0.6) is 5.75 Å². The zero-order valence-electron chi connectivity index (χ0n) is 10.4. The third kappa shape index (κ3) is 2.37. The minimum absolute atomic E-state index is 0.182. The van der Waals surface area contributed by atoms with Gasteiger partial charge in [-0.05, 0) is 24.3 Å². The van der Waals surface area contributed by atoms with Crippen molar-refractivity contribution in [3.05, 3.63) is 58.9 Å². The van der Waals surface area contributed by atoms with Crippen LogP contribution in [-0.2, 0) is 5.88 Å². The highest BCUT2D eigenvalue weighted by atomic mass is 32.2. The lowest BCUT2D eigenvalue weighted by Crippen LogP contribution is -2.23. The number of hydrogen-bond donors (Lipinski definition) is 1. The lowest BCUT2D eigenvalue weighted by atomic mass is 10.2. The van der Waals surface area contributed by atoms with Crippen LogP contribution in [0.15, 0.2) is 58.2 Å². The van der Waals surface area contributed by atoms with E-state index in [0.717, 1.165) is 0 Å². The summed E-state index contributed by atoms with van der Waals surface area (Å²) < 4.78 is 1.29. The monoisotopic (exact) mass is 285 g/mol. The van der Waals surface area contributed by atoms with Crippen LogP contribution >= 0.6 is 11.8 Å². The van der Waals surface area contributed by atoms with Crippen LogP contribution in [0.1, 0.15) is 0 Å². The van der Waals surface area contributed by atoms with E-state index in [1.54, 1.807) is 36.4 Å². The number of rotatable bonds is 3. The molecule has 0 amide bonds. The van der Waals surface area contributed by atoms with Crippen molar-refractivity contribution < 1.29 is 5.11 Å². The summed E-state index contributed by atoms with van der Waals surface area (Å²) in [7, 11) is 0. The van der Waals surface area contributed by atoms with E-state index in [0.29, 0.717) is 21.7 Å². The van der Waals surface area contributed by atoms with Gasteiger partial charge in [-0.3, -0.25) is 4.79 Å². The van der Waals surface area contributed by atoms with Crippen molar-refractivity contribution in [1.82, 2.24) is 15.0 Å². The standard InChI is InChI=1S/C14H11N3O2S/c18-12-7-3-4-8-13(12)20-9-17-14(19)10-5-1-2-6-11(10)15-16-17/h1-8,18H,9H2. The quantitative estimate of drug-likeness (QED) is 0.747. The van der Waals surface area contributed by atoms with E-state index in [4.69, 9.17) is 0 Å². The molecule has 3 rings (SSSR count). The van der Waals surface area contributed by atoms with Crippen molar-refractivity contribution in [3.8, 4) is 5.75 Å². The van der Waals surface area contributed by atoms with Gasteiger partial charge >= 0.3 is 0 Å². The van der Waals surface area contributed by atoms with Crippen LogP contribution in [0.25, 0.3) is 10.9 Å². The molecule has 0 aliphatic rings. The van der Waals surface area contributed by atoms with Crippen LogP contribution in [-0.4, -0.2) is 20.1 Å². The smallest absolute Gasteiger partial charge is 0.278 e. The zero-order chi connectivity index (χ0) is 13.9. The number of phenols is 1. The predicted octanol–water partition coefficient (Wildman–Crippen LogP) is 2.25. The lowest BCUT2D eigenvalue weighted by molar-refractivity contribution is 0.462. The van der Waals surface area contributed by atoms with Crippen molar-refractivity contribution in [2.24, 2.45) is 0 Å². The molecule has 0 saturated carbocycles. The molecule has 0 atom stereocenters. The highest BCUT2D eigenvalue weighted by Crippen LogP contribution is 2.28. The lowest BCUT2D eigenvalue weighted by Gasteiger charge is -2.05. The first-order chi connectivity index (χ1) is 9.75. The van der Waals surface area contributed by atoms with Crippen molar-refractivity contribution in [2.75, 3.05) is 0 Å². The minimum atomic E-state index is -0.182. The van der Waals surface area contributed by atoms with E-state index < -0.39 is 0 Å². The number of fused-ring (bicyclic) bond motifs is 1. The molecule has 3 aromatic rings. The number of para-hydroxylation sites is 1. The molecular formula is C14H11N3O2S. The molecule has 0 radical (unpaired) electrons. The first kappa shape index (κ1) is 12.7. The fourth-order valence-corrected chi connectivity index (χ4v) is 2.64. The van der Waals surface area contributed by atoms with E-state index in [1.807, 2.05) is 12.1 Å². The molecular weight excluding hydrogens is 274 g/mol. The first-order valence-electron chi connectivity index (χ1n) is 5.99. The van der Waals surface area contributed by atoms with E-state index in [-0.39, 0.29) is 11.3 Å². The number of hydrogen-bond acceptors (Lipinski definition) is 5. The van der Waals surface area contributed by atoms with Gasteiger partial charge in [-0.2, -0.15) is 0 Å². The molecule has 0 bridgehead atoms. The summed E-state index contributed by atoms with van der Waals surface area (Å²) in [6, 6.07) is 14.1. The van der Waals surface area contributed by atoms with Crippen LogP contribution in [0.4, 0.5) is 0 Å². The third-order valence-electron chi connectivity index (χ3n) is 2.84. The summed E-state index contributed by atoms with van der Waals surface area (Å²) in [4.78, 5) is 12.9. The Hall–Kier alpha value is -2.34. The number of phenolic OH excluding ortho intramolecular Hbond substituents is 1. The highest BCUT2D eigenvalue weighted by molar-refractivity contribution is 7.98. The molecule has 5 nitrogen and oxygen atoms in total. The molecule has 1 N–H and O–H groups in total. The maximum absolute atomic E-state index is 12.2. The summed E-state index contributed by atoms with van der Waals surface area (Å²) in [6.45, 7) is 0. The molecule has 0 aliphatic heterocycles. The molecule has 2 aromatic carbocycles. The van der Waals surface area contributed by atoms with Gasteiger partial charge in [0.15, 0.2) is 0 Å². The van der Waals surface area contributed by atoms with Gasteiger partial charge in [0.25, 0.3) is 5.56 Å². The molecule has 0 spiro atoms. The van der Waals surface area contributed by atoms with Crippen LogP contribution in [0.3, 0.4) is 0 Å². The maximum atomic E-state index is 12.2. The third-order valence-corrected chi connectivity index (χ3v) is 3.87. The molecule has 1 aromatic heterocycles. The molecule has 1 heterocycles. The fraction of sp³-hybridized carbons (Fsp3) is 0.0714. The van der Waals surface area contributed by atoms with Gasteiger partial charge in [0, 0.05) is 0 Å². The largest absolute Gasteiger partial charge is 0.507 e. The Morgan fingerprint density at radius 3 is 2.70 bits per heavy atom. The second-order valence-corrected chi connectivity index (χ2v) is 5.14. The van der Waals surface area contributed by atoms with Crippen molar-refractivity contribution in [1.29, 1.82) is 0 Å². The Morgan fingerprint density at radius 1 is 1.10 bits per heavy atom. The van der Waals surface area contributed by atoms with Crippen LogP contribution < -0.4 is 5.56 Å². The summed E-state index contributed by atoms with van der Waals surface area (Å²) in [5, 5.41) is 18.1. The normalized spacial score (nSPS) is 10.8. The highest BCUT2D eigenvalue weighted by Gasteiger charge is 2.06.